The molecule has 0 atom stereocenters. The first-order valence-electron chi connectivity index (χ1n) is 14.8. The standard InChI is InChI=1S/C41H30S/c1-3-11-28-22-30(20-18-26(28)4-2)40-33-15-7-8-16-34(33)41(31-21-19-27-12-5-6-13-29(27)23-31)37-25-39-35(24-36(37)40)32-14-9-10-17-38(32)42-39/h3,5-25H,4H2,1-2H3. The summed E-state index contributed by atoms with van der Waals surface area (Å²) in [5.74, 6) is 0. The van der Waals surface area contributed by atoms with Crippen molar-refractivity contribution in [1.82, 2.24) is 0 Å². The van der Waals surface area contributed by atoms with Crippen molar-refractivity contribution in [1.29, 1.82) is 0 Å². The number of hydrogen-bond donors (Lipinski definition) is 0. The van der Waals surface area contributed by atoms with Crippen LogP contribution in [0.2, 0.25) is 0 Å². The van der Waals surface area contributed by atoms with Crippen LogP contribution in [0.15, 0.2) is 127 Å². The summed E-state index contributed by atoms with van der Waals surface area (Å²) < 4.78 is 2.67. The molecule has 8 aromatic rings. The van der Waals surface area contributed by atoms with Gasteiger partial charge in [-0.05, 0) is 109 Å². The summed E-state index contributed by atoms with van der Waals surface area (Å²) in [6, 6.07) is 45.4. The van der Waals surface area contributed by atoms with Gasteiger partial charge in [-0.15, -0.1) is 11.3 Å². The van der Waals surface area contributed by atoms with Gasteiger partial charge in [0.1, 0.15) is 0 Å². The highest BCUT2D eigenvalue weighted by Gasteiger charge is 2.19. The molecule has 0 saturated carbocycles. The molecule has 0 radical (unpaired) electrons. The summed E-state index contributed by atoms with van der Waals surface area (Å²) in [7, 11) is 0. The minimum atomic E-state index is 1.02. The maximum absolute atomic E-state index is 2.47. The third kappa shape index (κ3) is 3.89. The quantitative estimate of drug-likeness (QED) is 0.190. The lowest BCUT2D eigenvalue weighted by Crippen LogP contribution is -1.93. The number of allylic oxidation sites excluding steroid dienone is 1. The molecule has 42 heavy (non-hydrogen) atoms. The lowest BCUT2D eigenvalue weighted by atomic mass is 9.84. The molecule has 1 heteroatoms. The Balaban J connectivity index is 1.56. The van der Waals surface area contributed by atoms with Crippen molar-refractivity contribution < 1.29 is 0 Å². The fourth-order valence-corrected chi connectivity index (χ4v) is 7.90. The second kappa shape index (κ2) is 9.98. The minimum Gasteiger partial charge on any atom is -0.135 e. The number of thiophene rings is 1. The van der Waals surface area contributed by atoms with Crippen LogP contribution >= 0.6 is 11.3 Å². The van der Waals surface area contributed by atoms with E-state index in [1.54, 1.807) is 0 Å². The summed E-state index contributed by atoms with van der Waals surface area (Å²) in [6.45, 7) is 4.34. The number of rotatable bonds is 4. The van der Waals surface area contributed by atoms with E-state index in [2.05, 4.69) is 147 Å². The molecule has 0 bridgehead atoms. The third-order valence-electron chi connectivity index (χ3n) is 8.72. The molecular weight excluding hydrogens is 525 g/mol. The fraction of sp³-hybridized carbons (Fsp3) is 0.0732. The molecule has 0 saturated heterocycles. The highest BCUT2D eigenvalue weighted by Crippen LogP contribution is 2.47. The summed E-state index contributed by atoms with van der Waals surface area (Å²) in [5.41, 5.74) is 7.84. The van der Waals surface area contributed by atoms with E-state index in [4.69, 9.17) is 0 Å². The van der Waals surface area contributed by atoms with Crippen molar-refractivity contribution in [3.8, 4) is 22.3 Å². The molecule has 8 rings (SSSR count). The number of benzene rings is 7. The lowest BCUT2D eigenvalue weighted by molar-refractivity contribution is 1.13. The van der Waals surface area contributed by atoms with Crippen LogP contribution in [0.1, 0.15) is 25.0 Å². The zero-order chi connectivity index (χ0) is 28.2. The molecule has 0 amide bonds. The molecule has 0 aliphatic carbocycles. The summed E-state index contributed by atoms with van der Waals surface area (Å²) in [4.78, 5) is 0. The highest BCUT2D eigenvalue weighted by atomic mass is 32.1. The Hall–Kier alpha value is -4.72. The first kappa shape index (κ1) is 25.0. The van der Waals surface area contributed by atoms with Gasteiger partial charge in [-0.3, -0.25) is 0 Å². The van der Waals surface area contributed by atoms with E-state index >= 15 is 0 Å². The van der Waals surface area contributed by atoms with Crippen molar-refractivity contribution in [3.63, 3.8) is 0 Å². The van der Waals surface area contributed by atoms with Gasteiger partial charge in [0.2, 0.25) is 0 Å². The van der Waals surface area contributed by atoms with E-state index in [0.717, 1.165) is 6.42 Å². The first-order chi connectivity index (χ1) is 20.7. The van der Waals surface area contributed by atoms with E-state index in [1.165, 1.54) is 85.9 Å². The van der Waals surface area contributed by atoms with Crippen molar-refractivity contribution in [2.24, 2.45) is 0 Å². The summed E-state index contributed by atoms with van der Waals surface area (Å²) in [6.07, 6.45) is 5.42. The van der Waals surface area contributed by atoms with Crippen molar-refractivity contribution in [2.75, 3.05) is 0 Å². The molecule has 0 aliphatic heterocycles. The molecule has 0 unspecified atom stereocenters. The Bertz CT molecular complexity index is 2350. The Labute approximate surface area is 250 Å². The SMILES string of the molecule is CC=Cc1cc(-c2c3ccccc3c(-c3ccc4ccccc4c3)c3cc4sc5ccccc5c4cc23)ccc1CC. The van der Waals surface area contributed by atoms with Gasteiger partial charge in [0.15, 0.2) is 0 Å². The second-order valence-corrected chi connectivity index (χ2v) is 12.2. The van der Waals surface area contributed by atoms with Crippen molar-refractivity contribution in [2.45, 2.75) is 20.3 Å². The van der Waals surface area contributed by atoms with E-state index in [-0.39, 0.29) is 0 Å². The zero-order valence-corrected chi connectivity index (χ0v) is 24.6. The molecule has 0 fully saturated rings. The molecular formula is C41H30S. The average Bonchev–Trinajstić information content (AvgIpc) is 3.40. The van der Waals surface area contributed by atoms with Gasteiger partial charge in [0.25, 0.3) is 0 Å². The molecule has 0 spiro atoms. The van der Waals surface area contributed by atoms with Crippen LogP contribution in [-0.2, 0) is 6.42 Å². The Kier molecular flexibility index (Phi) is 5.94. The van der Waals surface area contributed by atoms with E-state index in [1.807, 2.05) is 11.3 Å². The molecule has 200 valence electrons. The molecule has 1 aromatic heterocycles. The molecule has 0 aliphatic rings. The van der Waals surface area contributed by atoms with Gasteiger partial charge in [0.05, 0.1) is 0 Å². The summed E-state index contributed by atoms with van der Waals surface area (Å²) >= 11 is 1.89. The molecule has 1 heterocycles. The smallest absolute Gasteiger partial charge is 0.0362 e. The zero-order valence-electron chi connectivity index (χ0n) is 23.8. The third-order valence-corrected chi connectivity index (χ3v) is 9.85. The van der Waals surface area contributed by atoms with Crippen LogP contribution in [0.3, 0.4) is 0 Å². The van der Waals surface area contributed by atoms with E-state index in [9.17, 15) is 0 Å². The number of aryl methyl sites for hydroxylation is 1. The second-order valence-electron chi connectivity index (χ2n) is 11.1. The monoisotopic (exact) mass is 554 g/mol. The molecule has 0 N–H and O–H groups in total. The van der Waals surface area contributed by atoms with E-state index < -0.39 is 0 Å². The Morgan fingerprint density at radius 1 is 0.524 bits per heavy atom. The van der Waals surface area contributed by atoms with Gasteiger partial charge >= 0.3 is 0 Å². The van der Waals surface area contributed by atoms with Gasteiger partial charge in [-0.2, -0.15) is 0 Å². The maximum Gasteiger partial charge on any atom is 0.0362 e. The number of hydrogen-bond acceptors (Lipinski definition) is 1. The van der Waals surface area contributed by atoms with Gasteiger partial charge in [-0.25, -0.2) is 0 Å². The minimum absolute atomic E-state index is 1.02. The predicted octanol–water partition coefficient (Wildman–Crippen LogP) is 12.4. The topological polar surface area (TPSA) is 0 Å². The van der Waals surface area contributed by atoms with Crippen LogP contribution in [0, 0.1) is 0 Å². The predicted molar refractivity (Wildman–Crippen MR) is 187 cm³/mol. The van der Waals surface area contributed by atoms with Crippen LogP contribution in [0.5, 0.6) is 0 Å². The van der Waals surface area contributed by atoms with Crippen LogP contribution < -0.4 is 0 Å². The summed E-state index contributed by atoms with van der Waals surface area (Å²) in [5, 5.41) is 10.4. The Morgan fingerprint density at radius 3 is 1.93 bits per heavy atom. The van der Waals surface area contributed by atoms with Gasteiger partial charge < -0.3 is 0 Å². The van der Waals surface area contributed by atoms with E-state index in [0.29, 0.717) is 0 Å². The average molecular weight is 555 g/mol. The van der Waals surface area contributed by atoms with Gasteiger partial charge in [0, 0.05) is 20.2 Å². The fourth-order valence-electron chi connectivity index (χ4n) is 6.77. The maximum atomic E-state index is 2.47. The molecule has 0 nitrogen and oxygen atoms in total. The van der Waals surface area contributed by atoms with Gasteiger partial charge in [-0.1, -0.05) is 110 Å². The van der Waals surface area contributed by atoms with Crippen LogP contribution in [0.25, 0.3) is 80.8 Å². The van der Waals surface area contributed by atoms with Crippen molar-refractivity contribution >= 4 is 69.9 Å². The van der Waals surface area contributed by atoms with Crippen molar-refractivity contribution in [3.05, 3.63) is 139 Å². The Morgan fingerprint density at radius 2 is 1.17 bits per heavy atom. The number of fused-ring (bicyclic) bond motifs is 6. The van der Waals surface area contributed by atoms with Crippen LogP contribution in [-0.4, -0.2) is 0 Å². The first-order valence-corrected chi connectivity index (χ1v) is 15.6. The molecule has 7 aromatic carbocycles. The highest BCUT2D eigenvalue weighted by molar-refractivity contribution is 7.25. The largest absolute Gasteiger partial charge is 0.135 e. The van der Waals surface area contributed by atoms with Crippen LogP contribution in [0.4, 0.5) is 0 Å². The normalized spacial score (nSPS) is 12.0. The lowest BCUT2D eigenvalue weighted by Gasteiger charge is -2.19.